The molecule has 1 N–H and O–H groups in total. The summed E-state index contributed by atoms with van der Waals surface area (Å²) >= 11 is 0. The lowest BCUT2D eigenvalue weighted by Crippen LogP contribution is -2.41. The molecule has 1 aromatic carbocycles. The number of methoxy groups -OCH3 is 1. The molecule has 1 aromatic rings. The fourth-order valence-corrected chi connectivity index (χ4v) is 2.59. The number of anilines is 1. The third-order valence-electron chi connectivity index (χ3n) is 3.66. The van der Waals surface area contributed by atoms with Gasteiger partial charge < -0.3 is 15.0 Å². The lowest BCUT2D eigenvalue weighted by molar-refractivity contribution is -0.384. The van der Waals surface area contributed by atoms with Crippen molar-refractivity contribution in [3.05, 3.63) is 28.3 Å². The number of likely N-dealkylation sites (tertiary alicyclic amines) is 1. The van der Waals surface area contributed by atoms with Gasteiger partial charge in [-0.2, -0.15) is 0 Å². The average Bonchev–Trinajstić information content (AvgIpc) is 2.47. The predicted molar refractivity (Wildman–Crippen MR) is 78.4 cm³/mol. The molecule has 0 spiro atoms. The second-order valence-electron chi connectivity index (χ2n) is 5.05. The number of non-ortho nitro benzene ring substituents is 1. The lowest BCUT2D eigenvalue weighted by Gasteiger charge is -2.32. The first-order valence-electron chi connectivity index (χ1n) is 6.94. The molecule has 1 aliphatic rings. The Morgan fingerprint density at radius 1 is 1.50 bits per heavy atom. The molecule has 1 atom stereocenters. The number of nitrogens with zero attached hydrogens (tertiary/aromatic N) is 2. The van der Waals surface area contributed by atoms with E-state index in [1.165, 1.54) is 13.2 Å². The molecular formula is C14H21N3O3. The van der Waals surface area contributed by atoms with Crippen molar-refractivity contribution in [3.63, 3.8) is 0 Å². The zero-order valence-electron chi connectivity index (χ0n) is 12.0. The maximum absolute atomic E-state index is 10.9. The van der Waals surface area contributed by atoms with Gasteiger partial charge in [0.05, 0.1) is 18.1 Å². The number of nitrogens with one attached hydrogen (secondary N) is 1. The summed E-state index contributed by atoms with van der Waals surface area (Å²) in [6, 6.07) is 5.13. The Bertz CT molecular complexity index is 479. The summed E-state index contributed by atoms with van der Waals surface area (Å²) in [5.41, 5.74) is 0.800. The van der Waals surface area contributed by atoms with Crippen LogP contribution in [0.3, 0.4) is 0 Å². The van der Waals surface area contributed by atoms with Crippen LogP contribution < -0.4 is 10.1 Å². The molecule has 6 nitrogen and oxygen atoms in total. The van der Waals surface area contributed by atoms with Crippen LogP contribution in [0.15, 0.2) is 18.2 Å². The van der Waals surface area contributed by atoms with Crippen molar-refractivity contribution in [1.29, 1.82) is 0 Å². The predicted octanol–water partition coefficient (Wildman–Crippen LogP) is 2.50. The van der Waals surface area contributed by atoms with E-state index in [9.17, 15) is 10.1 Å². The Morgan fingerprint density at radius 2 is 2.30 bits per heavy atom. The van der Waals surface area contributed by atoms with Crippen LogP contribution in [0.25, 0.3) is 0 Å². The van der Waals surface area contributed by atoms with E-state index in [4.69, 9.17) is 4.74 Å². The van der Waals surface area contributed by atoms with Gasteiger partial charge >= 0.3 is 0 Å². The molecule has 1 heterocycles. The fraction of sp³-hybridized carbons (Fsp3) is 0.571. The lowest BCUT2D eigenvalue weighted by atomic mass is 10.1. The summed E-state index contributed by atoms with van der Waals surface area (Å²) in [5.74, 6) is 0.504. The number of likely N-dealkylation sites (N-methyl/N-ethyl adjacent to an activating group) is 1. The number of nitro benzene ring substituents is 1. The molecule has 1 unspecified atom stereocenters. The smallest absolute Gasteiger partial charge is 0.275 e. The van der Waals surface area contributed by atoms with Gasteiger partial charge in [0.2, 0.25) is 0 Å². The average molecular weight is 279 g/mol. The van der Waals surface area contributed by atoms with Crippen molar-refractivity contribution in [2.45, 2.75) is 25.8 Å². The summed E-state index contributed by atoms with van der Waals surface area (Å²) < 4.78 is 5.12. The largest absolute Gasteiger partial charge is 0.496 e. The van der Waals surface area contributed by atoms with Gasteiger partial charge in [-0.3, -0.25) is 10.1 Å². The molecule has 2 rings (SSSR count). The van der Waals surface area contributed by atoms with E-state index in [-0.39, 0.29) is 5.69 Å². The highest BCUT2D eigenvalue weighted by atomic mass is 16.6. The monoisotopic (exact) mass is 279 g/mol. The summed E-state index contributed by atoms with van der Waals surface area (Å²) in [6.45, 7) is 5.30. The number of hydrogen-bond acceptors (Lipinski definition) is 5. The number of rotatable bonds is 5. The molecule has 110 valence electrons. The third kappa shape index (κ3) is 3.60. The first kappa shape index (κ1) is 14.6. The van der Waals surface area contributed by atoms with E-state index in [0.29, 0.717) is 11.8 Å². The second-order valence-corrected chi connectivity index (χ2v) is 5.05. The first-order valence-corrected chi connectivity index (χ1v) is 6.94. The van der Waals surface area contributed by atoms with Crippen molar-refractivity contribution in [1.82, 2.24) is 4.90 Å². The van der Waals surface area contributed by atoms with Crippen molar-refractivity contribution < 1.29 is 9.66 Å². The highest BCUT2D eigenvalue weighted by Crippen LogP contribution is 2.27. The molecule has 20 heavy (non-hydrogen) atoms. The molecule has 1 aliphatic heterocycles. The Morgan fingerprint density at radius 3 is 2.95 bits per heavy atom. The Hall–Kier alpha value is -1.82. The van der Waals surface area contributed by atoms with E-state index in [2.05, 4.69) is 17.1 Å². The molecule has 6 heteroatoms. The van der Waals surface area contributed by atoms with Crippen LogP contribution in [-0.2, 0) is 0 Å². The zero-order valence-corrected chi connectivity index (χ0v) is 12.0. The topological polar surface area (TPSA) is 67.6 Å². The van der Waals surface area contributed by atoms with E-state index in [1.54, 1.807) is 12.1 Å². The van der Waals surface area contributed by atoms with Gasteiger partial charge in [-0.05, 0) is 25.9 Å². The molecule has 0 amide bonds. The standard InChI is InChI=1S/C14H21N3O3/c1-3-16-6-4-5-11(10-16)15-12-7-13(17(18)19)9-14(8-12)20-2/h7-9,11,15H,3-6,10H2,1-2H3. The van der Waals surface area contributed by atoms with Crippen LogP contribution in [-0.4, -0.2) is 42.6 Å². The highest BCUT2D eigenvalue weighted by Gasteiger charge is 2.19. The quantitative estimate of drug-likeness (QED) is 0.662. The Balaban J connectivity index is 2.11. The maximum Gasteiger partial charge on any atom is 0.275 e. The van der Waals surface area contributed by atoms with Crippen LogP contribution in [0.5, 0.6) is 5.75 Å². The molecule has 0 aromatic heterocycles. The minimum Gasteiger partial charge on any atom is -0.496 e. The van der Waals surface area contributed by atoms with Gasteiger partial charge in [-0.25, -0.2) is 0 Å². The zero-order chi connectivity index (χ0) is 14.5. The van der Waals surface area contributed by atoms with Crippen molar-refractivity contribution in [2.75, 3.05) is 32.1 Å². The summed E-state index contributed by atoms with van der Waals surface area (Å²) in [6.07, 6.45) is 2.24. The van der Waals surface area contributed by atoms with Gasteiger partial charge in [-0.1, -0.05) is 6.92 Å². The summed E-state index contributed by atoms with van der Waals surface area (Å²) in [7, 11) is 1.52. The maximum atomic E-state index is 10.9. The number of piperidine rings is 1. The Kier molecular flexibility index (Phi) is 4.79. The van der Waals surface area contributed by atoms with Crippen molar-refractivity contribution in [2.24, 2.45) is 0 Å². The van der Waals surface area contributed by atoms with Crippen LogP contribution >= 0.6 is 0 Å². The molecule has 0 bridgehead atoms. The first-order chi connectivity index (χ1) is 9.62. The van der Waals surface area contributed by atoms with Crippen LogP contribution in [0, 0.1) is 10.1 Å². The van der Waals surface area contributed by atoms with Gasteiger partial charge in [0.15, 0.2) is 0 Å². The van der Waals surface area contributed by atoms with Gasteiger partial charge in [0, 0.05) is 30.4 Å². The van der Waals surface area contributed by atoms with E-state index in [1.807, 2.05) is 0 Å². The SMILES string of the molecule is CCN1CCCC(Nc2cc(OC)cc([N+](=O)[O-])c2)C1. The van der Waals surface area contributed by atoms with Gasteiger partial charge in [-0.15, -0.1) is 0 Å². The summed E-state index contributed by atoms with van der Waals surface area (Å²) in [4.78, 5) is 12.9. The second kappa shape index (κ2) is 6.56. The van der Waals surface area contributed by atoms with Crippen LogP contribution in [0.2, 0.25) is 0 Å². The van der Waals surface area contributed by atoms with Crippen molar-refractivity contribution in [3.8, 4) is 5.75 Å². The van der Waals surface area contributed by atoms with E-state index in [0.717, 1.165) is 38.2 Å². The Labute approximate surface area is 118 Å². The molecule has 1 fully saturated rings. The minimum absolute atomic E-state index is 0.0509. The summed E-state index contributed by atoms with van der Waals surface area (Å²) in [5, 5.41) is 14.3. The molecule has 1 saturated heterocycles. The fourth-order valence-electron chi connectivity index (χ4n) is 2.59. The molecular weight excluding hydrogens is 258 g/mol. The van der Waals surface area contributed by atoms with Crippen LogP contribution in [0.4, 0.5) is 11.4 Å². The minimum atomic E-state index is -0.396. The molecule has 0 radical (unpaired) electrons. The normalized spacial score (nSPS) is 19.6. The van der Waals surface area contributed by atoms with Crippen LogP contribution in [0.1, 0.15) is 19.8 Å². The van der Waals surface area contributed by atoms with Crippen molar-refractivity contribution >= 4 is 11.4 Å². The van der Waals surface area contributed by atoms with E-state index >= 15 is 0 Å². The molecule has 0 saturated carbocycles. The number of hydrogen-bond donors (Lipinski definition) is 1. The van der Waals surface area contributed by atoms with E-state index < -0.39 is 4.92 Å². The third-order valence-corrected chi connectivity index (χ3v) is 3.66. The highest BCUT2D eigenvalue weighted by molar-refractivity contribution is 5.56. The molecule has 0 aliphatic carbocycles. The van der Waals surface area contributed by atoms with Gasteiger partial charge in [0.25, 0.3) is 5.69 Å². The number of nitro groups is 1. The van der Waals surface area contributed by atoms with Gasteiger partial charge in [0.1, 0.15) is 5.75 Å². The number of benzene rings is 1. The number of ether oxygens (including phenoxy) is 1.